The lowest BCUT2D eigenvalue weighted by Gasteiger charge is -2.27. The molecule has 0 bridgehead atoms. The third kappa shape index (κ3) is 5.83. The average Bonchev–Trinajstić information content (AvgIpc) is 2.53. The molecule has 1 rings (SSSR count). The standard InChI is InChI=1S/C14H27NO3/c1-12(10-18-2)9-13(16)15-11-14(17)7-5-3-4-6-8-14/h12,17H,3-11H2,1-2H3,(H,15,16). The van der Waals surface area contributed by atoms with Crippen molar-refractivity contribution in [2.75, 3.05) is 20.3 Å². The van der Waals surface area contributed by atoms with Gasteiger partial charge in [-0.2, -0.15) is 0 Å². The molecule has 1 unspecified atom stereocenters. The molecule has 0 aromatic carbocycles. The van der Waals surface area contributed by atoms with Crippen LogP contribution in [0, 0.1) is 5.92 Å². The van der Waals surface area contributed by atoms with Crippen LogP contribution in [0.3, 0.4) is 0 Å². The Labute approximate surface area is 110 Å². The van der Waals surface area contributed by atoms with E-state index in [4.69, 9.17) is 4.74 Å². The van der Waals surface area contributed by atoms with Gasteiger partial charge in [0.1, 0.15) is 0 Å². The summed E-state index contributed by atoms with van der Waals surface area (Å²) in [7, 11) is 1.64. The molecular weight excluding hydrogens is 230 g/mol. The highest BCUT2D eigenvalue weighted by atomic mass is 16.5. The molecule has 106 valence electrons. The molecule has 0 radical (unpaired) electrons. The molecule has 1 saturated carbocycles. The summed E-state index contributed by atoms with van der Waals surface area (Å²) in [6.45, 7) is 2.98. The number of methoxy groups -OCH3 is 1. The van der Waals surface area contributed by atoms with Gasteiger partial charge >= 0.3 is 0 Å². The summed E-state index contributed by atoms with van der Waals surface area (Å²) in [6.07, 6.45) is 6.59. The molecule has 0 saturated heterocycles. The first-order valence-electron chi connectivity index (χ1n) is 7.04. The fraction of sp³-hybridized carbons (Fsp3) is 0.929. The third-order valence-corrected chi connectivity index (χ3v) is 3.63. The zero-order chi connectivity index (χ0) is 13.4. The van der Waals surface area contributed by atoms with Crippen molar-refractivity contribution in [3.63, 3.8) is 0 Å². The van der Waals surface area contributed by atoms with Gasteiger partial charge in [0, 0.05) is 26.7 Å². The van der Waals surface area contributed by atoms with Crippen molar-refractivity contribution < 1.29 is 14.6 Å². The van der Waals surface area contributed by atoms with E-state index in [1.165, 1.54) is 12.8 Å². The summed E-state index contributed by atoms with van der Waals surface area (Å²) in [5.74, 6) is 0.232. The average molecular weight is 257 g/mol. The smallest absolute Gasteiger partial charge is 0.220 e. The van der Waals surface area contributed by atoms with Gasteiger partial charge in [0.25, 0.3) is 0 Å². The van der Waals surface area contributed by atoms with E-state index in [0.29, 0.717) is 19.6 Å². The first-order valence-corrected chi connectivity index (χ1v) is 7.04. The van der Waals surface area contributed by atoms with E-state index in [0.717, 1.165) is 25.7 Å². The summed E-state index contributed by atoms with van der Waals surface area (Å²) >= 11 is 0. The second kappa shape index (κ2) is 7.74. The van der Waals surface area contributed by atoms with Crippen LogP contribution in [0.15, 0.2) is 0 Å². The molecule has 0 heterocycles. The first-order chi connectivity index (χ1) is 8.56. The fourth-order valence-corrected chi connectivity index (χ4v) is 2.56. The van der Waals surface area contributed by atoms with E-state index >= 15 is 0 Å². The van der Waals surface area contributed by atoms with Gasteiger partial charge < -0.3 is 15.2 Å². The van der Waals surface area contributed by atoms with E-state index in [-0.39, 0.29) is 11.8 Å². The van der Waals surface area contributed by atoms with Gasteiger partial charge in [-0.15, -0.1) is 0 Å². The molecule has 2 N–H and O–H groups in total. The van der Waals surface area contributed by atoms with Crippen molar-refractivity contribution in [3.05, 3.63) is 0 Å². The Balaban J connectivity index is 2.27. The van der Waals surface area contributed by atoms with Gasteiger partial charge in [-0.25, -0.2) is 0 Å². The molecule has 0 spiro atoms. The number of carbonyl (C=O) groups is 1. The lowest BCUT2D eigenvalue weighted by Crippen LogP contribution is -2.43. The minimum atomic E-state index is -0.684. The number of aliphatic hydroxyl groups is 1. The predicted molar refractivity (Wildman–Crippen MR) is 71.3 cm³/mol. The Kier molecular flexibility index (Phi) is 6.65. The van der Waals surface area contributed by atoms with Crippen molar-refractivity contribution in [1.82, 2.24) is 5.32 Å². The number of hydrogen-bond acceptors (Lipinski definition) is 3. The fourth-order valence-electron chi connectivity index (χ4n) is 2.56. The van der Waals surface area contributed by atoms with Crippen molar-refractivity contribution in [3.8, 4) is 0 Å². The van der Waals surface area contributed by atoms with Crippen LogP contribution in [0.25, 0.3) is 0 Å². The van der Waals surface area contributed by atoms with Crippen LogP contribution in [-0.2, 0) is 9.53 Å². The van der Waals surface area contributed by atoms with Gasteiger partial charge in [-0.1, -0.05) is 32.6 Å². The molecule has 1 atom stereocenters. The molecular formula is C14H27NO3. The van der Waals surface area contributed by atoms with Gasteiger partial charge in [0.15, 0.2) is 0 Å². The molecule has 4 heteroatoms. The highest BCUT2D eigenvalue weighted by Gasteiger charge is 2.28. The monoisotopic (exact) mass is 257 g/mol. The minimum absolute atomic E-state index is 0.0113. The van der Waals surface area contributed by atoms with Crippen LogP contribution < -0.4 is 5.32 Å². The molecule has 0 aliphatic heterocycles. The number of hydrogen-bond donors (Lipinski definition) is 2. The molecule has 1 amide bonds. The Hall–Kier alpha value is -0.610. The van der Waals surface area contributed by atoms with E-state index in [1.807, 2.05) is 6.92 Å². The summed E-state index contributed by atoms with van der Waals surface area (Å²) in [4.78, 5) is 11.7. The number of amides is 1. The molecule has 1 fully saturated rings. The zero-order valence-corrected chi connectivity index (χ0v) is 11.7. The molecule has 0 aromatic heterocycles. The van der Waals surface area contributed by atoms with Gasteiger partial charge in [-0.3, -0.25) is 4.79 Å². The molecule has 18 heavy (non-hydrogen) atoms. The van der Waals surface area contributed by atoms with Crippen LogP contribution in [0.1, 0.15) is 51.9 Å². The van der Waals surface area contributed by atoms with Crippen LogP contribution in [0.4, 0.5) is 0 Å². The SMILES string of the molecule is COCC(C)CC(=O)NCC1(O)CCCCCC1. The molecule has 0 aromatic rings. The van der Waals surface area contributed by atoms with Gasteiger partial charge in [0.05, 0.1) is 5.60 Å². The van der Waals surface area contributed by atoms with E-state index < -0.39 is 5.60 Å². The van der Waals surface area contributed by atoms with Crippen molar-refractivity contribution in [1.29, 1.82) is 0 Å². The Bertz CT molecular complexity index is 247. The predicted octanol–water partition coefficient (Wildman–Crippen LogP) is 1.86. The topological polar surface area (TPSA) is 58.6 Å². The maximum absolute atomic E-state index is 11.7. The largest absolute Gasteiger partial charge is 0.388 e. The number of rotatable bonds is 6. The maximum Gasteiger partial charge on any atom is 0.220 e. The van der Waals surface area contributed by atoms with E-state index in [2.05, 4.69) is 5.32 Å². The highest BCUT2D eigenvalue weighted by molar-refractivity contribution is 5.76. The second-order valence-electron chi connectivity index (χ2n) is 5.68. The number of carbonyl (C=O) groups excluding carboxylic acids is 1. The number of ether oxygens (including phenoxy) is 1. The van der Waals surface area contributed by atoms with Crippen LogP contribution in [-0.4, -0.2) is 36.9 Å². The lowest BCUT2D eigenvalue weighted by molar-refractivity contribution is -0.123. The third-order valence-electron chi connectivity index (χ3n) is 3.63. The van der Waals surface area contributed by atoms with Crippen LogP contribution in [0.5, 0.6) is 0 Å². The van der Waals surface area contributed by atoms with Gasteiger partial charge in [-0.05, 0) is 18.8 Å². The minimum Gasteiger partial charge on any atom is -0.388 e. The second-order valence-corrected chi connectivity index (χ2v) is 5.68. The van der Waals surface area contributed by atoms with E-state index in [1.54, 1.807) is 7.11 Å². The van der Waals surface area contributed by atoms with Crippen LogP contribution >= 0.6 is 0 Å². The van der Waals surface area contributed by atoms with Crippen molar-refractivity contribution >= 4 is 5.91 Å². The zero-order valence-electron chi connectivity index (χ0n) is 11.7. The van der Waals surface area contributed by atoms with Crippen LogP contribution in [0.2, 0.25) is 0 Å². The Morgan fingerprint density at radius 1 is 1.33 bits per heavy atom. The van der Waals surface area contributed by atoms with Gasteiger partial charge in [0.2, 0.25) is 5.91 Å². The normalized spacial score (nSPS) is 21.1. The number of nitrogens with one attached hydrogen (secondary N) is 1. The summed E-state index contributed by atoms with van der Waals surface area (Å²) in [5.41, 5.74) is -0.684. The molecule has 1 aliphatic carbocycles. The summed E-state index contributed by atoms with van der Waals surface area (Å²) < 4.78 is 5.01. The lowest BCUT2D eigenvalue weighted by atomic mass is 9.94. The van der Waals surface area contributed by atoms with E-state index in [9.17, 15) is 9.90 Å². The molecule has 4 nitrogen and oxygen atoms in total. The first kappa shape index (κ1) is 15.4. The van der Waals surface area contributed by atoms with Crippen molar-refractivity contribution in [2.45, 2.75) is 57.5 Å². The van der Waals surface area contributed by atoms with Crippen molar-refractivity contribution in [2.24, 2.45) is 5.92 Å². The molecule has 1 aliphatic rings. The summed E-state index contributed by atoms with van der Waals surface area (Å²) in [6, 6.07) is 0. The summed E-state index contributed by atoms with van der Waals surface area (Å²) in [5, 5.41) is 13.3. The Morgan fingerprint density at radius 2 is 1.94 bits per heavy atom. The Morgan fingerprint density at radius 3 is 2.50 bits per heavy atom. The quantitative estimate of drug-likeness (QED) is 0.714. The maximum atomic E-state index is 11.7. The highest BCUT2D eigenvalue weighted by Crippen LogP contribution is 2.26.